The van der Waals surface area contributed by atoms with E-state index in [-0.39, 0.29) is 0 Å². The summed E-state index contributed by atoms with van der Waals surface area (Å²) in [5, 5.41) is 0. The molecule has 0 saturated carbocycles. The minimum atomic E-state index is 1.15. The molecule has 1 nitrogen and oxygen atoms in total. The number of benzene rings is 6. The Morgan fingerprint density at radius 3 is 1.02 bits per heavy atom. The molecule has 0 unspecified atom stereocenters. The lowest BCUT2D eigenvalue weighted by Gasteiger charge is -2.25. The summed E-state index contributed by atoms with van der Waals surface area (Å²) in [6.45, 7) is 10.6. The van der Waals surface area contributed by atoms with Gasteiger partial charge in [-0.25, -0.2) is 0 Å². The van der Waals surface area contributed by atoms with Crippen LogP contribution in [-0.2, 0) is 0 Å². The van der Waals surface area contributed by atoms with Crippen LogP contribution in [0.25, 0.3) is 24.3 Å². The van der Waals surface area contributed by atoms with Crippen molar-refractivity contribution in [2.75, 3.05) is 4.90 Å². The van der Waals surface area contributed by atoms with E-state index in [1.165, 1.54) is 50.1 Å². The van der Waals surface area contributed by atoms with Crippen molar-refractivity contribution in [3.05, 3.63) is 196 Å². The van der Waals surface area contributed by atoms with Crippen LogP contribution in [-0.4, -0.2) is 0 Å². The van der Waals surface area contributed by atoms with Crippen LogP contribution in [0.1, 0.15) is 50.1 Å². The quantitative estimate of drug-likeness (QED) is 0.165. The van der Waals surface area contributed by atoms with Gasteiger partial charge < -0.3 is 4.90 Å². The molecule has 46 heavy (non-hydrogen) atoms. The molecule has 6 rings (SSSR count). The lowest BCUT2D eigenvalue weighted by atomic mass is 10.1. The summed E-state index contributed by atoms with van der Waals surface area (Å²) < 4.78 is 0. The Morgan fingerprint density at radius 2 is 0.630 bits per heavy atom. The van der Waals surface area contributed by atoms with Gasteiger partial charge in [0.1, 0.15) is 0 Å². The van der Waals surface area contributed by atoms with Gasteiger partial charge >= 0.3 is 0 Å². The summed E-state index contributed by atoms with van der Waals surface area (Å²) in [5.41, 5.74) is 14.8. The Kier molecular flexibility index (Phi) is 10.8. The molecule has 0 amide bonds. The van der Waals surface area contributed by atoms with E-state index < -0.39 is 0 Å². The highest BCUT2D eigenvalue weighted by Crippen LogP contribution is 2.35. The predicted octanol–water partition coefficient (Wildman–Crippen LogP) is 12.7. The van der Waals surface area contributed by atoms with Crippen LogP contribution in [0.5, 0.6) is 0 Å². The normalized spacial score (nSPS) is 11.0. The number of rotatable bonds is 7. The van der Waals surface area contributed by atoms with Crippen molar-refractivity contribution in [1.82, 2.24) is 0 Å². The molecule has 0 aliphatic carbocycles. The lowest BCUT2D eigenvalue weighted by molar-refractivity contribution is 1.27. The zero-order valence-electron chi connectivity index (χ0n) is 27.6. The van der Waals surface area contributed by atoms with E-state index in [0.717, 1.165) is 17.1 Å². The first-order chi connectivity index (χ1) is 22.3. The first kappa shape index (κ1) is 32.0. The van der Waals surface area contributed by atoms with Crippen LogP contribution < -0.4 is 4.90 Å². The number of hydrogen-bond acceptors (Lipinski definition) is 1. The molecular formula is C45H43N. The largest absolute Gasteiger partial charge is 0.311 e. The lowest BCUT2D eigenvalue weighted by Crippen LogP contribution is -2.09. The second-order valence-corrected chi connectivity index (χ2v) is 11.9. The smallest absolute Gasteiger partial charge is 0.0462 e. The van der Waals surface area contributed by atoms with Crippen LogP contribution in [0.4, 0.5) is 17.1 Å². The number of aryl methyl sites for hydroxylation is 5. The Hall–Kier alpha value is -5.40. The van der Waals surface area contributed by atoms with Crippen LogP contribution in [0, 0.1) is 34.6 Å². The standard InChI is InChI=1S/C29H27N.C16H16/c1-22-4-10-25(11-5-22)12-13-26-14-20-29(21-15-26)30(27-16-6-23(2)7-17-27)28-18-8-24(3)9-19-28;1-13-7-9-15(10-8-13)11-12-16-6-4-3-5-14(16)2/h4-21H,1-3H3;3-12H,1-2H3/b13-12+;12-11+. The highest BCUT2D eigenvalue weighted by molar-refractivity contribution is 5.78. The fraction of sp³-hybridized carbons (Fsp3) is 0.111. The fourth-order valence-corrected chi connectivity index (χ4v) is 5.08. The zero-order valence-corrected chi connectivity index (χ0v) is 27.6. The number of anilines is 3. The average molecular weight is 598 g/mol. The van der Waals surface area contributed by atoms with Crippen molar-refractivity contribution in [2.24, 2.45) is 0 Å². The molecule has 0 aromatic heterocycles. The van der Waals surface area contributed by atoms with Gasteiger partial charge in [-0.2, -0.15) is 0 Å². The Labute approximate surface area is 275 Å². The summed E-state index contributed by atoms with van der Waals surface area (Å²) in [6, 6.07) is 51.7. The maximum atomic E-state index is 2.30. The average Bonchev–Trinajstić information content (AvgIpc) is 3.08. The summed E-state index contributed by atoms with van der Waals surface area (Å²) in [5.74, 6) is 0. The third-order valence-corrected chi connectivity index (χ3v) is 8.00. The monoisotopic (exact) mass is 597 g/mol. The maximum Gasteiger partial charge on any atom is 0.0462 e. The van der Waals surface area contributed by atoms with Gasteiger partial charge in [0, 0.05) is 17.1 Å². The summed E-state index contributed by atoms with van der Waals surface area (Å²) >= 11 is 0. The van der Waals surface area contributed by atoms with Crippen molar-refractivity contribution in [3.63, 3.8) is 0 Å². The van der Waals surface area contributed by atoms with Gasteiger partial charge in [0.2, 0.25) is 0 Å². The number of hydrogen-bond donors (Lipinski definition) is 0. The molecule has 0 radical (unpaired) electrons. The third-order valence-electron chi connectivity index (χ3n) is 8.00. The molecule has 6 aromatic carbocycles. The van der Waals surface area contributed by atoms with Gasteiger partial charge in [-0.3, -0.25) is 0 Å². The zero-order chi connectivity index (χ0) is 32.3. The summed E-state index contributed by atoms with van der Waals surface area (Å²) in [4.78, 5) is 2.30. The van der Waals surface area contributed by atoms with E-state index in [2.05, 4.69) is 209 Å². The molecular weight excluding hydrogens is 555 g/mol. The van der Waals surface area contributed by atoms with Crippen molar-refractivity contribution in [1.29, 1.82) is 0 Å². The molecule has 1 heteroatoms. The second-order valence-electron chi connectivity index (χ2n) is 11.9. The molecule has 0 spiro atoms. The second kappa shape index (κ2) is 15.5. The van der Waals surface area contributed by atoms with Crippen LogP contribution >= 0.6 is 0 Å². The van der Waals surface area contributed by atoms with Crippen molar-refractivity contribution in [3.8, 4) is 0 Å². The first-order valence-electron chi connectivity index (χ1n) is 15.9. The Balaban J connectivity index is 0.000000219. The SMILES string of the molecule is Cc1ccc(/C=C/c2ccc(N(c3ccc(C)cc3)c3ccc(C)cc3)cc2)cc1.Cc1ccc(/C=C/c2ccccc2C)cc1. The van der Waals surface area contributed by atoms with Crippen molar-refractivity contribution < 1.29 is 0 Å². The van der Waals surface area contributed by atoms with Crippen LogP contribution in [0.2, 0.25) is 0 Å². The molecule has 0 aliphatic heterocycles. The van der Waals surface area contributed by atoms with E-state index in [1.807, 2.05) is 0 Å². The highest BCUT2D eigenvalue weighted by Gasteiger charge is 2.12. The molecule has 0 atom stereocenters. The molecule has 0 bridgehead atoms. The summed E-state index contributed by atoms with van der Waals surface area (Å²) in [6.07, 6.45) is 8.64. The van der Waals surface area contributed by atoms with Crippen molar-refractivity contribution >= 4 is 41.4 Å². The Morgan fingerprint density at radius 1 is 0.326 bits per heavy atom. The van der Waals surface area contributed by atoms with Crippen LogP contribution in [0.3, 0.4) is 0 Å². The maximum absolute atomic E-state index is 2.30. The molecule has 0 saturated heterocycles. The molecule has 6 aromatic rings. The van der Waals surface area contributed by atoms with E-state index in [0.29, 0.717) is 0 Å². The van der Waals surface area contributed by atoms with Gasteiger partial charge in [-0.15, -0.1) is 0 Å². The minimum absolute atomic E-state index is 1.15. The van der Waals surface area contributed by atoms with E-state index in [9.17, 15) is 0 Å². The van der Waals surface area contributed by atoms with Crippen molar-refractivity contribution in [2.45, 2.75) is 34.6 Å². The topological polar surface area (TPSA) is 3.24 Å². The molecule has 0 aliphatic rings. The van der Waals surface area contributed by atoms with Gasteiger partial charge in [0.05, 0.1) is 0 Å². The molecule has 0 heterocycles. The predicted molar refractivity (Wildman–Crippen MR) is 202 cm³/mol. The molecule has 0 N–H and O–H groups in total. The first-order valence-corrected chi connectivity index (χ1v) is 15.9. The summed E-state index contributed by atoms with van der Waals surface area (Å²) in [7, 11) is 0. The Bertz CT molecular complexity index is 1830. The van der Waals surface area contributed by atoms with Gasteiger partial charge in [-0.05, 0) is 98.8 Å². The van der Waals surface area contributed by atoms with Crippen LogP contribution in [0.15, 0.2) is 146 Å². The fourth-order valence-electron chi connectivity index (χ4n) is 5.08. The molecule has 0 fully saturated rings. The third kappa shape index (κ3) is 9.06. The molecule has 228 valence electrons. The van der Waals surface area contributed by atoms with Gasteiger partial charge in [0.15, 0.2) is 0 Å². The highest BCUT2D eigenvalue weighted by atomic mass is 15.1. The number of nitrogens with zero attached hydrogens (tertiary/aromatic N) is 1. The van der Waals surface area contributed by atoms with Gasteiger partial charge in [0.25, 0.3) is 0 Å². The van der Waals surface area contributed by atoms with E-state index >= 15 is 0 Å². The van der Waals surface area contributed by atoms with Gasteiger partial charge in [-0.1, -0.05) is 156 Å². The van der Waals surface area contributed by atoms with E-state index in [1.54, 1.807) is 0 Å². The minimum Gasteiger partial charge on any atom is -0.311 e. The van der Waals surface area contributed by atoms with E-state index in [4.69, 9.17) is 0 Å².